The topological polar surface area (TPSA) is 23.5 Å². The van der Waals surface area contributed by atoms with Gasteiger partial charge < -0.3 is 10.0 Å². The summed E-state index contributed by atoms with van der Waals surface area (Å²) >= 11 is 11.9. The van der Waals surface area contributed by atoms with Crippen LogP contribution < -0.4 is 0 Å². The molecule has 18 heavy (non-hydrogen) atoms. The molecule has 0 aromatic heterocycles. The van der Waals surface area contributed by atoms with Crippen LogP contribution in [0.3, 0.4) is 0 Å². The lowest BCUT2D eigenvalue weighted by Crippen LogP contribution is -2.37. The van der Waals surface area contributed by atoms with Gasteiger partial charge in [-0.15, -0.1) is 0 Å². The highest BCUT2D eigenvalue weighted by Crippen LogP contribution is 2.27. The third-order valence-electron chi connectivity index (χ3n) is 3.49. The number of hydrogen-bond donors (Lipinski definition) is 1. The normalized spacial score (nSPS) is 23.2. The molecule has 0 amide bonds. The first-order chi connectivity index (χ1) is 8.52. The third kappa shape index (κ3) is 4.13. The summed E-state index contributed by atoms with van der Waals surface area (Å²) in [4.78, 5) is 2.31. The zero-order chi connectivity index (χ0) is 13.1. The second-order valence-corrected chi connectivity index (χ2v) is 6.15. The minimum absolute atomic E-state index is 0.0601. The van der Waals surface area contributed by atoms with Gasteiger partial charge in [-0.2, -0.15) is 0 Å². The molecule has 1 fully saturated rings. The molecular weight excluding hydrogens is 269 g/mol. The monoisotopic (exact) mass is 287 g/mol. The predicted molar refractivity (Wildman–Crippen MR) is 76.4 cm³/mol. The summed E-state index contributed by atoms with van der Waals surface area (Å²) in [7, 11) is 2.12. The molecule has 0 heterocycles. The molecule has 0 bridgehead atoms. The smallest absolute Gasteiger partial charge is 0.0546 e. The highest BCUT2D eigenvalue weighted by atomic mass is 35.5. The van der Waals surface area contributed by atoms with Gasteiger partial charge in [0.1, 0.15) is 0 Å². The molecule has 2 rings (SSSR count). The van der Waals surface area contributed by atoms with E-state index in [1.54, 1.807) is 6.07 Å². The molecule has 4 heteroatoms. The maximum absolute atomic E-state index is 9.25. The summed E-state index contributed by atoms with van der Waals surface area (Å²) in [6, 6.07) is 5.69. The van der Waals surface area contributed by atoms with Crippen LogP contribution >= 0.6 is 23.2 Å². The standard InChI is InChI=1S/C14H19Cl2NO/c1-17(9-11-6-14(18)7-11)3-2-10-4-12(15)8-13(16)5-10/h4-5,8,11,14,18H,2-3,6-7,9H2,1H3. The number of likely N-dealkylation sites (N-methyl/N-ethyl adjacent to an activating group) is 1. The maximum atomic E-state index is 9.25. The van der Waals surface area contributed by atoms with Crippen molar-refractivity contribution in [3.63, 3.8) is 0 Å². The fraction of sp³-hybridized carbons (Fsp3) is 0.571. The van der Waals surface area contributed by atoms with E-state index in [0.717, 1.165) is 32.4 Å². The van der Waals surface area contributed by atoms with Gasteiger partial charge >= 0.3 is 0 Å². The van der Waals surface area contributed by atoms with Crippen molar-refractivity contribution < 1.29 is 5.11 Å². The Kier molecular flexibility index (Phi) is 4.91. The molecule has 1 aromatic rings. The third-order valence-corrected chi connectivity index (χ3v) is 3.92. The highest BCUT2D eigenvalue weighted by Gasteiger charge is 2.27. The van der Waals surface area contributed by atoms with E-state index in [1.807, 2.05) is 12.1 Å². The summed E-state index contributed by atoms with van der Waals surface area (Å²) in [5, 5.41) is 10.6. The summed E-state index contributed by atoms with van der Waals surface area (Å²) in [6.45, 7) is 2.05. The molecule has 1 saturated carbocycles. The van der Waals surface area contributed by atoms with Crippen LogP contribution in [0, 0.1) is 5.92 Å². The van der Waals surface area contributed by atoms with Crippen molar-refractivity contribution in [2.24, 2.45) is 5.92 Å². The summed E-state index contributed by atoms with van der Waals surface area (Å²) in [5.41, 5.74) is 1.17. The van der Waals surface area contributed by atoms with Crippen molar-refractivity contribution in [2.45, 2.75) is 25.4 Å². The van der Waals surface area contributed by atoms with Crippen molar-refractivity contribution in [3.05, 3.63) is 33.8 Å². The Morgan fingerprint density at radius 1 is 1.22 bits per heavy atom. The van der Waals surface area contributed by atoms with Crippen molar-refractivity contribution in [1.82, 2.24) is 4.90 Å². The number of benzene rings is 1. The van der Waals surface area contributed by atoms with E-state index >= 15 is 0 Å². The second kappa shape index (κ2) is 6.25. The molecule has 0 spiro atoms. The lowest BCUT2D eigenvalue weighted by atomic mass is 9.82. The first kappa shape index (κ1) is 14.1. The Balaban J connectivity index is 1.76. The van der Waals surface area contributed by atoms with E-state index in [1.165, 1.54) is 5.56 Å². The molecule has 2 nitrogen and oxygen atoms in total. The number of aliphatic hydroxyl groups is 1. The van der Waals surface area contributed by atoms with E-state index in [2.05, 4.69) is 11.9 Å². The first-order valence-electron chi connectivity index (χ1n) is 6.34. The molecule has 100 valence electrons. The largest absolute Gasteiger partial charge is 0.393 e. The molecule has 1 N–H and O–H groups in total. The molecule has 0 atom stereocenters. The fourth-order valence-corrected chi connectivity index (χ4v) is 3.03. The van der Waals surface area contributed by atoms with Crippen molar-refractivity contribution in [2.75, 3.05) is 20.1 Å². The fourth-order valence-electron chi connectivity index (χ4n) is 2.46. The lowest BCUT2D eigenvalue weighted by molar-refractivity contribution is 0.0285. The van der Waals surface area contributed by atoms with Crippen LogP contribution in [-0.2, 0) is 6.42 Å². The number of rotatable bonds is 5. The maximum Gasteiger partial charge on any atom is 0.0546 e. The summed E-state index contributed by atoms with van der Waals surface area (Å²) in [6.07, 6.45) is 2.79. The molecular formula is C14H19Cl2NO. The quantitative estimate of drug-likeness (QED) is 0.899. The van der Waals surface area contributed by atoms with Gasteiger partial charge in [0, 0.05) is 23.1 Å². The minimum Gasteiger partial charge on any atom is -0.393 e. The van der Waals surface area contributed by atoms with Crippen LogP contribution in [0.5, 0.6) is 0 Å². The van der Waals surface area contributed by atoms with Crippen molar-refractivity contribution >= 4 is 23.2 Å². The zero-order valence-corrected chi connectivity index (χ0v) is 12.1. The van der Waals surface area contributed by atoms with Gasteiger partial charge in [-0.1, -0.05) is 23.2 Å². The lowest BCUT2D eigenvalue weighted by Gasteiger charge is -2.34. The van der Waals surface area contributed by atoms with Gasteiger partial charge in [0.05, 0.1) is 6.10 Å². The molecule has 1 aliphatic rings. The van der Waals surface area contributed by atoms with E-state index in [4.69, 9.17) is 23.2 Å². The molecule has 1 aromatic carbocycles. The van der Waals surface area contributed by atoms with Gasteiger partial charge in [0.2, 0.25) is 0 Å². The van der Waals surface area contributed by atoms with E-state index in [0.29, 0.717) is 16.0 Å². The number of halogens is 2. The molecule has 1 aliphatic carbocycles. The van der Waals surface area contributed by atoms with Crippen LogP contribution in [0.15, 0.2) is 18.2 Å². The summed E-state index contributed by atoms with van der Waals surface area (Å²) < 4.78 is 0. The van der Waals surface area contributed by atoms with E-state index < -0.39 is 0 Å². The van der Waals surface area contributed by atoms with E-state index in [9.17, 15) is 5.11 Å². The minimum atomic E-state index is -0.0601. The van der Waals surface area contributed by atoms with Crippen molar-refractivity contribution in [3.8, 4) is 0 Å². The number of hydrogen-bond acceptors (Lipinski definition) is 2. The number of aliphatic hydroxyl groups excluding tert-OH is 1. The van der Waals surface area contributed by atoms with E-state index in [-0.39, 0.29) is 6.10 Å². The SMILES string of the molecule is CN(CCc1cc(Cl)cc(Cl)c1)CC1CC(O)C1. The average Bonchev–Trinajstić information content (AvgIpc) is 2.23. The van der Waals surface area contributed by atoms with Crippen LogP contribution in [-0.4, -0.2) is 36.2 Å². The first-order valence-corrected chi connectivity index (χ1v) is 7.10. The number of nitrogens with zero attached hydrogens (tertiary/aromatic N) is 1. The Bertz CT molecular complexity index is 385. The van der Waals surface area contributed by atoms with Crippen LogP contribution in [0.25, 0.3) is 0 Å². The Hall–Kier alpha value is -0.280. The van der Waals surface area contributed by atoms with Crippen LogP contribution in [0.4, 0.5) is 0 Å². The highest BCUT2D eigenvalue weighted by molar-refractivity contribution is 6.34. The Morgan fingerprint density at radius 3 is 2.39 bits per heavy atom. The van der Waals surface area contributed by atoms with Crippen LogP contribution in [0.2, 0.25) is 10.0 Å². The molecule has 0 radical (unpaired) electrons. The van der Waals surface area contributed by atoms with Crippen LogP contribution in [0.1, 0.15) is 18.4 Å². The van der Waals surface area contributed by atoms with Gasteiger partial charge in [-0.25, -0.2) is 0 Å². The Labute approximate surface area is 119 Å². The molecule has 0 saturated heterocycles. The van der Waals surface area contributed by atoms with Gasteiger partial charge in [-0.05, 0) is 56.0 Å². The average molecular weight is 288 g/mol. The predicted octanol–water partition coefficient (Wildman–Crippen LogP) is 3.24. The molecule has 0 unspecified atom stereocenters. The molecule has 0 aliphatic heterocycles. The van der Waals surface area contributed by atoms with Crippen molar-refractivity contribution in [1.29, 1.82) is 0 Å². The second-order valence-electron chi connectivity index (χ2n) is 5.28. The summed E-state index contributed by atoms with van der Waals surface area (Å²) in [5.74, 6) is 0.660. The van der Waals surface area contributed by atoms with Gasteiger partial charge in [0.25, 0.3) is 0 Å². The van der Waals surface area contributed by atoms with Gasteiger partial charge in [-0.3, -0.25) is 0 Å². The Morgan fingerprint density at radius 2 is 1.83 bits per heavy atom. The van der Waals surface area contributed by atoms with Gasteiger partial charge in [0.15, 0.2) is 0 Å². The zero-order valence-electron chi connectivity index (χ0n) is 10.6.